The summed E-state index contributed by atoms with van der Waals surface area (Å²) in [7, 11) is 1.77. The molecular formula is C47H52BBrF2N8O8. The Morgan fingerprint density at radius 2 is 0.985 bits per heavy atom. The molecule has 4 aromatic heterocycles. The molecule has 352 valence electrons. The van der Waals surface area contributed by atoms with Gasteiger partial charge in [-0.25, -0.2) is 28.3 Å². The lowest BCUT2D eigenvalue weighted by molar-refractivity contribution is 0.277. The first-order chi connectivity index (χ1) is 31.5. The van der Waals surface area contributed by atoms with E-state index in [2.05, 4.69) is 25.9 Å². The van der Waals surface area contributed by atoms with Crippen molar-refractivity contribution in [2.45, 2.75) is 60.3 Å². The van der Waals surface area contributed by atoms with E-state index >= 15 is 0 Å². The van der Waals surface area contributed by atoms with Gasteiger partial charge in [0, 0.05) is 52.5 Å². The van der Waals surface area contributed by atoms with E-state index in [0.717, 1.165) is 37.0 Å². The summed E-state index contributed by atoms with van der Waals surface area (Å²) in [4.78, 5) is 60.2. The minimum atomic E-state index is -1.35. The number of halogens is 3. The van der Waals surface area contributed by atoms with Crippen LogP contribution < -0.4 is 28.0 Å². The number of nitrogens with zero attached hydrogens (tertiary/aromatic N) is 8. The fourth-order valence-electron chi connectivity index (χ4n) is 7.07. The zero-order valence-electron chi connectivity index (χ0n) is 36.6. The monoisotopic (exact) mass is 984 g/mol. The molecule has 0 aliphatic carbocycles. The molecule has 0 saturated carbocycles. The number of rotatable bonds is 12. The second kappa shape index (κ2) is 22.8. The summed E-state index contributed by atoms with van der Waals surface area (Å²) in [6, 6.07) is 26.8. The third-order valence-electron chi connectivity index (χ3n) is 10.7. The molecule has 0 amide bonds. The predicted octanol–water partition coefficient (Wildman–Crippen LogP) is 3.98. The van der Waals surface area contributed by atoms with Gasteiger partial charge in [0.25, 0.3) is 11.1 Å². The number of aryl methyl sites for hydroxylation is 4. The van der Waals surface area contributed by atoms with Crippen LogP contribution in [-0.4, -0.2) is 78.0 Å². The molecule has 4 N–H and O–H groups in total. The molecule has 4 aromatic carbocycles. The van der Waals surface area contributed by atoms with Gasteiger partial charge < -0.3 is 29.4 Å². The highest BCUT2D eigenvalue weighted by molar-refractivity contribution is 9.10. The van der Waals surface area contributed by atoms with Gasteiger partial charge in [0.05, 0.1) is 6.54 Å². The lowest BCUT2D eigenvalue weighted by Crippen LogP contribution is -2.39. The molecule has 8 aromatic rings. The fraction of sp³-hybridized carbons (Fsp3) is 0.277. The molecule has 0 atom stereocenters. The van der Waals surface area contributed by atoms with Crippen LogP contribution in [0.15, 0.2) is 121 Å². The van der Waals surface area contributed by atoms with Gasteiger partial charge in [-0.15, -0.1) is 0 Å². The molecule has 0 saturated heterocycles. The highest BCUT2D eigenvalue weighted by Gasteiger charge is 2.22. The SMILES string of the molecule is C.Cc1ccc(-c2nc3c(c(=O)n(CCCO)c(=O)n3C)n2Cc2ccc(F)cc2)cc1.Cc1ccc(B(O)O)cc1.Cn1c(=O)n(CCCO)c(=O)c2c1nc(Br)n2Cc1ccc(F)cc1. The average molecular weight is 986 g/mol. The molecule has 0 spiro atoms. The number of hydrogen-bond donors (Lipinski definition) is 4. The summed E-state index contributed by atoms with van der Waals surface area (Å²) in [5, 5.41) is 35.5. The second-order valence-electron chi connectivity index (χ2n) is 15.5. The number of aliphatic hydroxyl groups is 2. The molecule has 0 unspecified atom stereocenters. The van der Waals surface area contributed by atoms with Crippen LogP contribution in [0.4, 0.5) is 8.78 Å². The van der Waals surface area contributed by atoms with Gasteiger partial charge in [0.2, 0.25) is 0 Å². The highest BCUT2D eigenvalue weighted by atomic mass is 79.9. The van der Waals surface area contributed by atoms with Crippen LogP contribution >= 0.6 is 15.9 Å². The summed E-state index contributed by atoms with van der Waals surface area (Å²) in [6.07, 6.45) is 0.589. The number of fused-ring (bicyclic) bond motifs is 2. The van der Waals surface area contributed by atoms with Crippen LogP contribution in [0.3, 0.4) is 0 Å². The Kier molecular flexibility index (Phi) is 17.5. The van der Waals surface area contributed by atoms with Crippen molar-refractivity contribution in [2.24, 2.45) is 14.1 Å². The van der Waals surface area contributed by atoms with Crippen LogP contribution in [0, 0.1) is 25.5 Å². The first-order valence-electron chi connectivity index (χ1n) is 20.8. The lowest BCUT2D eigenvalue weighted by Gasteiger charge is -2.11. The van der Waals surface area contributed by atoms with Crippen molar-refractivity contribution in [2.75, 3.05) is 13.2 Å². The first-order valence-corrected chi connectivity index (χ1v) is 21.6. The smallest absolute Gasteiger partial charge is 0.423 e. The van der Waals surface area contributed by atoms with Crippen molar-refractivity contribution in [3.8, 4) is 11.4 Å². The first kappa shape index (κ1) is 51.4. The molecular weight excluding hydrogens is 933 g/mol. The zero-order chi connectivity index (χ0) is 47.8. The molecule has 0 radical (unpaired) electrons. The predicted molar refractivity (Wildman–Crippen MR) is 258 cm³/mol. The third-order valence-corrected chi connectivity index (χ3v) is 11.3. The molecule has 16 nitrogen and oxygen atoms in total. The van der Waals surface area contributed by atoms with Gasteiger partial charge >= 0.3 is 18.5 Å². The maximum atomic E-state index is 13.4. The van der Waals surface area contributed by atoms with E-state index in [4.69, 9.17) is 20.3 Å². The third kappa shape index (κ3) is 11.7. The summed E-state index contributed by atoms with van der Waals surface area (Å²) in [6.45, 7) is 4.50. The molecule has 20 heteroatoms. The van der Waals surface area contributed by atoms with E-state index in [1.54, 1.807) is 59.6 Å². The normalized spacial score (nSPS) is 10.9. The fourth-order valence-corrected chi connectivity index (χ4v) is 7.54. The van der Waals surface area contributed by atoms with Crippen molar-refractivity contribution >= 4 is 50.8 Å². The minimum Gasteiger partial charge on any atom is -0.423 e. The van der Waals surface area contributed by atoms with Gasteiger partial charge in [-0.2, -0.15) is 0 Å². The standard InChI is InChI=1S/C23H23FN4O3.C16H16BrFN4O3.C7H9BO2.CH4/c1-15-4-8-17(9-5-15)20-25-21-19(28(20)14-16-6-10-18(24)11-7-16)22(30)27(12-3-13-29)23(31)26(21)2;1-20-13-12(14(24)21(16(20)25)7-2-8-23)22(15(17)19-13)9-10-3-5-11(18)6-4-10;1-6-2-4-7(5-3-6)8(9)10;/h4-11,29H,3,12-14H2,1-2H3;3-6,23H,2,7-9H2,1H3;2-5,9-10H,1H3;1H4. The summed E-state index contributed by atoms with van der Waals surface area (Å²) >= 11 is 3.33. The Balaban J connectivity index is 0.000000209. The molecule has 4 heterocycles. The lowest BCUT2D eigenvalue weighted by atomic mass is 9.80. The van der Waals surface area contributed by atoms with Crippen LogP contribution in [0.25, 0.3) is 33.7 Å². The molecule has 67 heavy (non-hydrogen) atoms. The number of aliphatic hydroxyl groups excluding tert-OH is 2. The van der Waals surface area contributed by atoms with Gasteiger partial charge in [0.15, 0.2) is 27.1 Å². The number of hydrogen-bond acceptors (Lipinski definition) is 10. The van der Waals surface area contributed by atoms with E-state index in [-0.39, 0.29) is 75.1 Å². The molecule has 8 rings (SSSR count). The van der Waals surface area contributed by atoms with E-state index in [1.807, 2.05) is 50.2 Å². The van der Waals surface area contributed by atoms with Crippen LogP contribution in [0.5, 0.6) is 0 Å². The van der Waals surface area contributed by atoms with Gasteiger partial charge in [-0.1, -0.05) is 91.3 Å². The Hall–Kier alpha value is -6.58. The minimum absolute atomic E-state index is 0. The van der Waals surface area contributed by atoms with Gasteiger partial charge in [-0.3, -0.25) is 27.9 Å². The van der Waals surface area contributed by atoms with Crippen molar-refractivity contribution in [3.05, 3.63) is 177 Å². The van der Waals surface area contributed by atoms with Crippen molar-refractivity contribution in [1.82, 2.24) is 37.4 Å². The van der Waals surface area contributed by atoms with Crippen molar-refractivity contribution in [1.29, 1.82) is 0 Å². The Morgan fingerprint density at radius 3 is 1.42 bits per heavy atom. The van der Waals surface area contributed by atoms with Crippen LogP contribution in [-0.2, 0) is 40.3 Å². The summed E-state index contributed by atoms with van der Waals surface area (Å²) < 4.78 is 35.2. The number of imidazole rings is 2. The Morgan fingerprint density at radius 1 is 0.582 bits per heavy atom. The maximum absolute atomic E-state index is 13.4. The van der Waals surface area contributed by atoms with Gasteiger partial charge in [0.1, 0.15) is 17.5 Å². The molecule has 0 fully saturated rings. The second-order valence-corrected chi connectivity index (χ2v) is 16.2. The van der Waals surface area contributed by atoms with Crippen molar-refractivity contribution < 1.29 is 29.0 Å². The molecule has 0 aliphatic heterocycles. The Bertz CT molecular complexity index is 3200. The van der Waals surface area contributed by atoms with Gasteiger partial charge in [-0.05, 0) is 83.5 Å². The highest BCUT2D eigenvalue weighted by Crippen LogP contribution is 2.25. The van der Waals surface area contributed by atoms with E-state index in [1.165, 1.54) is 33.4 Å². The van der Waals surface area contributed by atoms with Crippen LogP contribution in [0.1, 0.15) is 42.5 Å². The number of aromatic nitrogens is 8. The quantitative estimate of drug-likeness (QED) is 0.102. The topological polar surface area (TPSA) is 205 Å². The van der Waals surface area contributed by atoms with Crippen molar-refractivity contribution in [3.63, 3.8) is 0 Å². The van der Waals surface area contributed by atoms with E-state index < -0.39 is 29.6 Å². The number of benzene rings is 4. The summed E-state index contributed by atoms with van der Waals surface area (Å²) in [5.74, 6) is -0.134. The largest absolute Gasteiger partial charge is 0.488 e. The molecule has 0 bridgehead atoms. The maximum Gasteiger partial charge on any atom is 0.488 e. The zero-order valence-corrected chi connectivity index (χ0v) is 38.2. The van der Waals surface area contributed by atoms with E-state index in [9.17, 15) is 28.0 Å². The van der Waals surface area contributed by atoms with E-state index in [0.29, 0.717) is 34.5 Å². The Labute approximate surface area is 392 Å². The molecule has 0 aliphatic rings. The summed E-state index contributed by atoms with van der Waals surface area (Å²) in [5.41, 5.74) is 4.36. The van der Waals surface area contributed by atoms with Crippen LogP contribution in [0.2, 0.25) is 0 Å². The average Bonchev–Trinajstić information content (AvgIpc) is 3.84.